The molecule has 3 nitrogen and oxygen atoms in total. The number of ether oxygens (including phenoxy) is 1. The van der Waals surface area contributed by atoms with Gasteiger partial charge in [-0.3, -0.25) is 0 Å². The minimum absolute atomic E-state index is 0.465. The van der Waals surface area contributed by atoms with E-state index in [-0.39, 0.29) is 0 Å². The van der Waals surface area contributed by atoms with Crippen LogP contribution in [0, 0.1) is 0 Å². The van der Waals surface area contributed by atoms with E-state index in [4.69, 9.17) is 27.9 Å². The second kappa shape index (κ2) is 8.66. The lowest BCUT2D eigenvalue weighted by atomic mass is 10.2. The van der Waals surface area contributed by atoms with Gasteiger partial charge in [0, 0.05) is 21.2 Å². The Hall–Kier alpha value is -1.71. The highest BCUT2D eigenvalue weighted by atomic mass is 35.5. The first-order valence-corrected chi connectivity index (χ1v) is 7.88. The normalized spacial score (nSPS) is 10.9. The fourth-order valence-electron chi connectivity index (χ4n) is 1.87. The number of nitrogens with one attached hydrogen (secondary N) is 1. The van der Waals surface area contributed by atoms with Gasteiger partial charge in [0.15, 0.2) is 0 Å². The molecule has 0 spiro atoms. The zero-order valence-electron chi connectivity index (χ0n) is 12.4. The van der Waals surface area contributed by atoms with Gasteiger partial charge in [-0.15, -0.1) is 0 Å². The number of hydrogen-bond acceptors (Lipinski definition) is 3. The third-order valence-electron chi connectivity index (χ3n) is 2.99. The molecule has 0 radical (unpaired) electrons. The molecule has 0 unspecified atom stereocenters. The van der Waals surface area contributed by atoms with Crippen molar-refractivity contribution >= 4 is 29.4 Å². The molecule has 2 aromatic rings. The van der Waals surface area contributed by atoms with Crippen molar-refractivity contribution in [1.82, 2.24) is 5.43 Å². The Morgan fingerprint density at radius 3 is 2.55 bits per heavy atom. The Morgan fingerprint density at radius 1 is 1.09 bits per heavy atom. The van der Waals surface area contributed by atoms with Crippen LogP contribution in [-0.4, -0.2) is 12.8 Å². The van der Waals surface area contributed by atoms with Crippen LogP contribution in [0.4, 0.5) is 0 Å². The molecule has 2 rings (SSSR count). The summed E-state index contributed by atoms with van der Waals surface area (Å²) < 4.78 is 5.68. The van der Waals surface area contributed by atoms with Gasteiger partial charge >= 0.3 is 0 Å². The monoisotopic (exact) mass is 336 g/mol. The van der Waals surface area contributed by atoms with E-state index in [1.54, 1.807) is 6.21 Å². The first-order valence-electron chi connectivity index (χ1n) is 7.13. The molecular weight excluding hydrogens is 319 g/mol. The number of halogens is 2. The first kappa shape index (κ1) is 16.7. The number of para-hydroxylation sites is 1. The number of nitrogens with zero attached hydrogens (tertiary/aromatic N) is 1. The zero-order chi connectivity index (χ0) is 15.8. The van der Waals surface area contributed by atoms with Crippen molar-refractivity contribution in [2.75, 3.05) is 6.61 Å². The van der Waals surface area contributed by atoms with E-state index >= 15 is 0 Å². The fraction of sp³-hybridized carbons (Fsp3) is 0.235. The Morgan fingerprint density at radius 2 is 1.82 bits per heavy atom. The summed E-state index contributed by atoms with van der Waals surface area (Å²) in [7, 11) is 0. The summed E-state index contributed by atoms with van der Waals surface area (Å²) >= 11 is 12.2. The van der Waals surface area contributed by atoms with Gasteiger partial charge in [-0.25, -0.2) is 0 Å². The highest BCUT2D eigenvalue weighted by Gasteiger charge is 2.04. The van der Waals surface area contributed by atoms with Gasteiger partial charge in [-0.1, -0.05) is 48.3 Å². The van der Waals surface area contributed by atoms with Gasteiger partial charge in [-0.2, -0.15) is 5.10 Å². The molecule has 0 amide bonds. The van der Waals surface area contributed by atoms with E-state index in [9.17, 15) is 0 Å². The molecule has 0 aromatic heterocycles. The van der Waals surface area contributed by atoms with Crippen LogP contribution in [-0.2, 0) is 6.54 Å². The maximum atomic E-state index is 6.11. The van der Waals surface area contributed by atoms with Crippen molar-refractivity contribution in [3.8, 4) is 5.75 Å². The molecule has 0 atom stereocenters. The summed E-state index contributed by atoms with van der Waals surface area (Å²) in [4.78, 5) is 0. The Balaban J connectivity index is 1.98. The molecule has 0 aliphatic rings. The minimum Gasteiger partial charge on any atom is -0.493 e. The minimum atomic E-state index is 0.465. The van der Waals surface area contributed by atoms with Crippen LogP contribution in [0.25, 0.3) is 0 Å². The molecule has 2 aromatic carbocycles. The summed E-state index contributed by atoms with van der Waals surface area (Å²) in [5, 5.41) is 5.47. The van der Waals surface area contributed by atoms with E-state index in [2.05, 4.69) is 17.5 Å². The van der Waals surface area contributed by atoms with Gasteiger partial charge < -0.3 is 10.2 Å². The number of rotatable bonds is 7. The van der Waals surface area contributed by atoms with Crippen molar-refractivity contribution in [2.24, 2.45) is 5.10 Å². The largest absolute Gasteiger partial charge is 0.493 e. The van der Waals surface area contributed by atoms with E-state index < -0.39 is 0 Å². The zero-order valence-corrected chi connectivity index (χ0v) is 13.9. The van der Waals surface area contributed by atoms with E-state index in [1.807, 2.05) is 42.5 Å². The summed E-state index contributed by atoms with van der Waals surface area (Å²) in [5.74, 6) is 0.825. The average molecular weight is 337 g/mol. The van der Waals surface area contributed by atoms with Crippen molar-refractivity contribution < 1.29 is 4.74 Å². The van der Waals surface area contributed by atoms with Crippen LogP contribution in [0.3, 0.4) is 0 Å². The fourth-order valence-corrected chi connectivity index (χ4v) is 2.40. The third-order valence-corrected chi connectivity index (χ3v) is 3.70. The Labute approximate surface area is 140 Å². The summed E-state index contributed by atoms with van der Waals surface area (Å²) in [6, 6.07) is 13.2. The van der Waals surface area contributed by atoms with Gasteiger partial charge in [-0.05, 0) is 30.7 Å². The molecule has 116 valence electrons. The maximum Gasteiger partial charge on any atom is 0.128 e. The predicted octanol–water partition coefficient (Wildman–Crippen LogP) is 4.91. The Kier molecular flexibility index (Phi) is 6.56. The van der Waals surface area contributed by atoms with Crippen LogP contribution in [0.5, 0.6) is 5.75 Å². The molecular formula is C17H18Cl2N2O. The number of hydrogen-bond donors (Lipinski definition) is 1. The smallest absolute Gasteiger partial charge is 0.128 e. The van der Waals surface area contributed by atoms with Crippen molar-refractivity contribution in [2.45, 2.75) is 19.9 Å². The highest BCUT2D eigenvalue weighted by Crippen LogP contribution is 2.23. The second-order valence-corrected chi connectivity index (χ2v) is 5.49. The molecule has 5 heteroatoms. The molecule has 0 heterocycles. The summed E-state index contributed by atoms with van der Waals surface area (Å²) in [5.41, 5.74) is 4.72. The lowest BCUT2D eigenvalue weighted by Gasteiger charge is -2.08. The Bertz CT molecular complexity index is 624. The quantitative estimate of drug-likeness (QED) is 0.575. The molecule has 0 aliphatic heterocycles. The average Bonchev–Trinajstić information content (AvgIpc) is 2.52. The molecule has 0 saturated carbocycles. The standard InChI is InChI=1S/C17H18Cl2N2O/c1-2-10-22-17-9-4-3-6-13(17)11-20-21-12-14-15(18)7-5-8-16(14)19/h3-9,11,21H,2,10,12H2,1H3/b20-11-. The van der Waals surface area contributed by atoms with Crippen LogP contribution >= 0.6 is 23.2 Å². The molecule has 0 aliphatic carbocycles. The second-order valence-electron chi connectivity index (χ2n) is 4.68. The van der Waals surface area contributed by atoms with Crippen LogP contribution in [0.15, 0.2) is 47.6 Å². The van der Waals surface area contributed by atoms with Gasteiger partial charge in [0.25, 0.3) is 0 Å². The highest BCUT2D eigenvalue weighted by molar-refractivity contribution is 6.35. The van der Waals surface area contributed by atoms with E-state index in [1.165, 1.54) is 0 Å². The number of hydrazone groups is 1. The molecule has 0 bridgehead atoms. The predicted molar refractivity (Wildman–Crippen MR) is 93.1 cm³/mol. The van der Waals surface area contributed by atoms with Crippen molar-refractivity contribution in [1.29, 1.82) is 0 Å². The summed E-state index contributed by atoms with van der Waals surface area (Å²) in [6.07, 6.45) is 2.70. The van der Waals surface area contributed by atoms with E-state index in [0.29, 0.717) is 23.2 Å². The molecule has 22 heavy (non-hydrogen) atoms. The first-order chi connectivity index (χ1) is 10.7. The summed E-state index contributed by atoms with van der Waals surface area (Å²) in [6.45, 7) is 3.23. The van der Waals surface area contributed by atoms with Gasteiger partial charge in [0.2, 0.25) is 0 Å². The van der Waals surface area contributed by atoms with Crippen molar-refractivity contribution in [3.05, 3.63) is 63.6 Å². The van der Waals surface area contributed by atoms with Crippen LogP contribution in [0.2, 0.25) is 10.0 Å². The molecule has 0 fully saturated rings. The maximum absolute atomic E-state index is 6.11. The van der Waals surface area contributed by atoms with Crippen LogP contribution in [0.1, 0.15) is 24.5 Å². The van der Waals surface area contributed by atoms with E-state index in [0.717, 1.165) is 23.3 Å². The van der Waals surface area contributed by atoms with Gasteiger partial charge in [0.05, 0.1) is 19.4 Å². The molecule has 0 saturated heterocycles. The number of benzene rings is 2. The topological polar surface area (TPSA) is 33.6 Å². The lowest BCUT2D eigenvalue weighted by Crippen LogP contribution is -2.07. The molecule has 1 N–H and O–H groups in total. The van der Waals surface area contributed by atoms with Gasteiger partial charge in [0.1, 0.15) is 5.75 Å². The van der Waals surface area contributed by atoms with Crippen LogP contribution < -0.4 is 10.2 Å². The third kappa shape index (κ3) is 4.65. The lowest BCUT2D eigenvalue weighted by molar-refractivity contribution is 0.317. The van der Waals surface area contributed by atoms with Crippen molar-refractivity contribution in [3.63, 3.8) is 0 Å². The SMILES string of the molecule is CCCOc1ccccc1/C=N\NCc1c(Cl)cccc1Cl.